The van der Waals surface area contributed by atoms with Crippen LogP contribution in [0.3, 0.4) is 0 Å². The Balaban J connectivity index is 2.23. The molecule has 1 aliphatic rings. The van der Waals surface area contributed by atoms with Gasteiger partial charge in [-0.05, 0) is 47.2 Å². The Bertz CT molecular complexity index is 516. The fourth-order valence-electron chi connectivity index (χ4n) is 1.99. The molecule has 1 aromatic carbocycles. The number of halogens is 1. The van der Waals surface area contributed by atoms with Gasteiger partial charge < -0.3 is 10.6 Å². The molecule has 1 saturated heterocycles. The number of hydrogen-bond donors (Lipinski definition) is 1. The minimum atomic E-state index is -2.87. The van der Waals surface area contributed by atoms with Crippen molar-refractivity contribution in [3.63, 3.8) is 0 Å². The van der Waals surface area contributed by atoms with Gasteiger partial charge in [0.25, 0.3) is 0 Å². The third-order valence-electron chi connectivity index (χ3n) is 2.89. The van der Waals surface area contributed by atoms with Gasteiger partial charge >= 0.3 is 0 Å². The molecular weight excluding hydrogens is 351 g/mol. The molecule has 94 valence electrons. The van der Waals surface area contributed by atoms with Crippen LogP contribution in [-0.2, 0) is 9.84 Å². The third kappa shape index (κ3) is 3.25. The summed E-state index contributed by atoms with van der Waals surface area (Å²) in [6.45, 7) is 1.29. The number of hydrogen-bond acceptors (Lipinski definition) is 4. The van der Waals surface area contributed by atoms with Gasteiger partial charge in [-0.3, -0.25) is 0 Å². The van der Waals surface area contributed by atoms with Crippen LogP contribution in [0.15, 0.2) is 18.2 Å². The van der Waals surface area contributed by atoms with Crippen LogP contribution >= 0.6 is 22.6 Å². The Morgan fingerprint density at radius 1 is 1.24 bits per heavy atom. The quantitative estimate of drug-likeness (QED) is 0.605. The second kappa shape index (κ2) is 5.01. The van der Waals surface area contributed by atoms with Gasteiger partial charge in [0, 0.05) is 16.7 Å². The molecule has 0 atom stereocenters. The molecule has 0 radical (unpaired) electrons. The molecule has 4 nitrogen and oxygen atoms in total. The molecule has 2 N–H and O–H groups in total. The van der Waals surface area contributed by atoms with Gasteiger partial charge in [0.2, 0.25) is 0 Å². The van der Waals surface area contributed by atoms with Crippen molar-refractivity contribution in [2.45, 2.75) is 6.42 Å². The van der Waals surface area contributed by atoms with E-state index in [0.29, 0.717) is 13.0 Å². The topological polar surface area (TPSA) is 63.4 Å². The molecule has 1 fully saturated rings. The molecule has 0 spiro atoms. The Morgan fingerprint density at radius 2 is 2.00 bits per heavy atom. The summed E-state index contributed by atoms with van der Waals surface area (Å²) < 4.78 is 24.1. The first-order chi connectivity index (χ1) is 7.98. The zero-order valence-corrected chi connectivity index (χ0v) is 12.4. The molecule has 0 aromatic heterocycles. The van der Waals surface area contributed by atoms with Gasteiger partial charge in [-0.25, -0.2) is 8.42 Å². The summed E-state index contributed by atoms with van der Waals surface area (Å²) in [4.78, 5) is 2.07. The SMILES string of the molecule is Nc1cc(I)ccc1N1CCCS(=O)(=O)CC1. The largest absolute Gasteiger partial charge is 0.397 e. The maximum atomic E-state index is 11.5. The highest BCUT2D eigenvalue weighted by Gasteiger charge is 2.20. The van der Waals surface area contributed by atoms with E-state index in [1.165, 1.54) is 0 Å². The molecule has 1 aromatic rings. The van der Waals surface area contributed by atoms with E-state index in [-0.39, 0.29) is 11.5 Å². The monoisotopic (exact) mass is 366 g/mol. The minimum absolute atomic E-state index is 0.221. The highest BCUT2D eigenvalue weighted by atomic mass is 127. The van der Waals surface area contributed by atoms with E-state index in [4.69, 9.17) is 5.73 Å². The molecule has 2 rings (SSSR count). The van der Waals surface area contributed by atoms with Crippen molar-refractivity contribution in [3.05, 3.63) is 21.8 Å². The van der Waals surface area contributed by atoms with Crippen LogP contribution in [0, 0.1) is 3.57 Å². The summed E-state index contributed by atoms with van der Waals surface area (Å²) in [5.74, 6) is 0.506. The molecule has 6 heteroatoms. The van der Waals surface area contributed by atoms with Gasteiger partial charge in [-0.2, -0.15) is 0 Å². The summed E-state index contributed by atoms with van der Waals surface area (Å²) >= 11 is 2.21. The van der Waals surface area contributed by atoms with Crippen molar-refractivity contribution >= 4 is 43.8 Å². The molecule has 0 aliphatic carbocycles. The van der Waals surface area contributed by atoms with Crippen LogP contribution in [0.1, 0.15) is 6.42 Å². The lowest BCUT2D eigenvalue weighted by Crippen LogP contribution is -2.27. The Kier molecular flexibility index (Phi) is 3.82. The van der Waals surface area contributed by atoms with E-state index in [1.807, 2.05) is 18.2 Å². The summed E-state index contributed by atoms with van der Waals surface area (Å²) in [6.07, 6.45) is 0.674. The Morgan fingerprint density at radius 3 is 2.71 bits per heavy atom. The lowest BCUT2D eigenvalue weighted by atomic mass is 10.2. The molecule has 0 amide bonds. The predicted molar refractivity (Wildman–Crippen MR) is 79.1 cm³/mol. The van der Waals surface area contributed by atoms with E-state index < -0.39 is 9.84 Å². The number of sulfone groups is 1. The van der Waals surface area contributed by atoms with Crippen LogP contribution in [0.4, 0.5) is 11.4 Å². The summed E-state index contributed by atoms with van der Waals surface area (Å²) in [7, 11) is -2.87. The second-order valence-electron chi connectivity index (χ2n) is 4.20. The van der Waals surface area contributed by atoms with Crippen LogP contribution in [0.5, 0.6) is 0 Å². The van der Waals surface area contributed by atoms with Gasteiger partial charge in [-0.15, -0.1) is 0 Å². The molecule has 0 unspecified atom stereocenters. The molecule has 1 aliphatic heterocycles. The fraction of sp³-hybridized carbons (Fsp3) is 0.455. The highest BCUT2D eigenvalue weighted by Crippen LogP contribution is 2.26. The van der Waals surface area contributed by atoms with E-state index in [2.05, 4.69) is 27.5 Å². The number of nitrogens with zero attached hydrogens (tertiary/aromatic N) is 1. The van der Waals surface area contributed by atoms with E-state index in [0.717, 1.165) is 21.5 Å². The number of rotatable bonds is 1. The lowest BCUT2D eigenvalue weighted by Gasteiger charge is -2.23. The van der Waals surface area contributed by atoms with Crippen molar-refractivity contribution in [3.8, 4) is 0 Å². The maximum Gasteiger partial charge on any atom is 0.152 e. The first kappa shape index (κ1) is 12.9. The number of benzene rings is 1. The van der Waals surface area contributed by atoms with Crippen molar-refractivity contribution < 1.29 is 8.42 Å². The third-order valence-corrected chi connectivity index (χ3v) is 5.27. The number of nitrogens with two attached hydrogens (primary N) is 1. The zero-order valence-electron chi connectivity index (χ0n) is 9.39. The summed E-state index contributed by atoms with van der Waals surface area (Å²) in [5.41, 5.74) is 7.64. The zero-order chi connectivity index (χ0) is 12.5. The first-order valence-corrected chi connectivity index (χ1v) is 8.38. The molecule has 0 bridgehead atoms. The molecule has 0 saturated carbocycles. The number of anilines is 2. The standard InChI is InChI=1S/C11H15IN2O2S/c12-9-2-3-11(10(13)8-9)14-4-1-6-17(15,16)7-5-14/h2-3,8H,1,4-7,13H2. The van der Waals surface area contributed by atoms with Gasteiger partial charge in [-0.1, -0.05) is 0 Å². The predicted octanol–water partition coefficient (Wildman–Crippen LogP) is 1.50. The van der Waals surface area contributed by atoms with Crippen molar-refractivity contribution in [1.82, 2.24) is 0 Å². The van der Waals surface area contributed by atoms with E-state index in [1.54, 1.807) is 0 Å². The average molecular weight is 366 g/mol. The number of nitrogen functional groups attached to an aromatic ring is 1. The van der Waals surface area contributed by atoms with E-state index >= 15 is 0 Å². The van der Waals surface area contributed by atoms with E-state index in [9.17, 15) is 8.42 Å². The maximum absolute atomic E-state index is 11.5. The van der Waals surface area contributed by atoms with Crippen molar-refractivity contribution in [1.29, 1.82) is 0 Å². The molecular formula is C11H15IN2O2S. The van der Waals surface area contributed by atoms with Crippen LogP contribution in [0.25, 0.3) is 0 Å². The van der Waals surface area contributed by atoms with Crippen molar-refractivity contribution in [2.75, 3.05) is 35.2 Å². The lowest BCUT2D eigenvalue weighted by molar-refractivity contribution is 0.597. The fourth-order valence-corrected chi connectivity index (χ4v) is 3.78. The van der Waals surface area contributed by atoms with Gasteiger partial charge in [0.1, 0.15) is 0 Å². The second-order valence-corrected chi connectivity index (χ2v) is 7.74. The van der Waals surface area contributed by atoms with Crippen LogP contribution in [-0.4, -0.2) is 33.0 Å². The Labute approximate surface area is 115 Å². The van der Waals surface area contributed by atoms with Crippen molar-refractivity contribution in [2.24, 2.45) is 0 Å². The first-order valence-electron chi connectivity index (χ1n) is 5.48. The summed E-state index contributed by atoms with van der Waals surface area (Å²) in [5, 5.41) is 0. The summed E-state index contributed by atoms with van der Waals surface area (Å²) in [6, 6.07) is 5.87. The minimum Gasteiger partial charge on any atom is -0.397 e. The average Bonchev–Trinajstić information content (AvgIpc) is 2.40. The van der Waals surface area contributed by atoms with Gasteiger partial charge in [0.05, 0.1) is 22.9 Å². The van der Waals surface area contributed by atoms with Crippen LogP contribution < -0.4 is 10.6 Å². The molecule has 1 heterocycles. The molecule has 17 heavy (non-hydrogen) atoms. The Hall–Kier alpha value is -0.500. The van der Waals surface area contributed by atoms with Gasteiger partial charge in [0.15, 0.2) is 9.84 Å². The highest BCUT2D eigenvalue weighted by molar-refractivity contribution is 14.1. The normalized spacial score (nSPS) is 19.9. The smallest absolute Gasteiger partial charge is 0.152 e. The van der Waals surface area contributed by atoms with Crippen LogP contribution in [0.2, 0.25) is 0 Å².